The lowest BCUT2D eigenvalue weighted by molar-refractivity contribution is 0.0900. The molecule has 1 atom stereocenters. The number of rotatable bonds is 5. The third-order valence-electron chi connectivity index (χ3n) is 4.61. The molecule has 0 aromatic carbocycles. The average molecular weight is 344 g/mol. The van der Waals surface area contributed by atoms with Crippen LogP contribution in [0.4, 0.5) is 0 Å². The molecule has 2 aromatic rings. The van der Waals surface area contributed by atoms with Gasteiger partial charge in [0, 0.05) is 37.0 Å². The number of carbonyl (C=O) groups is 1. The maximum atomic E-state index is 12.4. The molecule has 0 radical (unpaired) electrons. The topological polar surface area (TPSA) is 80.5 Å². The van der Waals surface area contributed by atoms with Gasteiger partial charge >= 0.3 is 0 Å². The largest absolute Gasteiger partial charge is 0.481 e. The maximum Gasteiger partial charge on any atom is 0.253 e. The van der Waals surface area contributed by atoms with Gasteiger partial charge in [-0.2, -0.15) is 0 Å². The summed E-state index contributed by atoms with van der Waals surface area (Å²) >= 11 is 0. The third kappa shape index (κ3) is 4.17. The van der Waals surface area contributed by atoms with Gasteiger partial charge < -0.3 is 14.6 Å². The molecule has 1 aliphatic heterocycles. The van der Waals surface area contributed by atoms with E-state index in [4.69, 9.17) is 9.26 Å². The number of likely N-dealkylation sites (tertiary alicyclic amines) is 1. The standard InChI is InChI=1S/C18H24N4O3/c1-12-16(13(2)25-21-12)11-22-8-4-5-15(10-22)20-18(23)14-6-7-17(24-3)19-9-14/h6-7,9,15H,4-5,8,10-11H2,1-3H3,(H,20,23). The molecule has 7 nitrogen and oxygen atoms in total. The number of piperidine rings is 1. The number of pyridine rings is 1. The molecule has 0 bridgehead atoms. The van der Waals surface area contributed by atoms with Gasteiger partial charge in [-0.1, -0.05) is 5.16 Å². The smallest absolute Gasteiger partial charge is 0.253 e. The number of hydrogen-bond donors (Lipinski definition) is 1. The van der Waals surface area contributed by atoms with Gasteiger partial charge in [0.2, 0.25) is 5.88 Å². The first-order chi connectivity index (χ1) is 12.1. The van der Waals surface area contributed by atoms with Crippen molar-refractivity contribution in [2.24, 2.45) is 0 Å². The molecule has 2 aromatic heterocycles. The van der Waals surface area contributed by atoms with Crippen molar-refractivity contribution in [3.63, 3.8) is 0 Å². The Morgan fingerprint density at radius 2 is 2.28 bits per heavy atom. The number of amides is 1. The Kier molecular flexibility index (Phi) is 5.33. The minimum absolute atomic E-state index is 0.0978. The number of nitrogens with zero attached hydrogens (tertiary/aromatic N) is 3. The molecule has 1 amide bonds. The van der Waals surface area contributed by atoms with Crippen LogP contribution in [0.2, 0.25) is 0 Å². The Hall–Kier alpha value is -2.41. The Morgan fingerprint density at radius 3 is 2.92 bits per heavy atom. The summed E-state index contributed by atoms with van der Waals surface area (Å²) in [6, 6.07) is 3.55. The normalized spacial score (nSPS) is 18.1. The van der Waals surface area contributed by atoms with E-state index in [-0.39, 0.29) is 11.9 Å². The molecule has 1 saturated heterocycles. The van der Waals surface area contributed by atoms with Gasteiger partial charge in [0.15, 0.2) is 0 Å². The number of nitrogens with one attached hydrogen (secondary N) is 1. The van der Waals surface area contributed by atoms with Gasteiger partial charge in [-0.3, -0.25) is 9.69 Å². The number of ether oxygens (including phenoxy) is 1. The van der Waals surface area contributed by atoms with Crippen molar-refractivity contribution in [1.82, 2.24) is 20.4 Å². The van der Waals surface area contributed by atoms with Crippen molar-refractivity contribution < 1.29 is 14.1 Å². The highest BCUT2D eigenvalue weighted by Gasteiger charge is 2.23. The van der Waals surface area contributed by atoms with E-state index in [0.717, 1.165) is 49.5 Å². The second-order valence-corrected chi connectivity index (χ2v) is 6.44. The van der Waals surface area contributed by atoms with Gasteiger partial charge in [-0.25, -0.2) is 4.98 Å². The Balaban J connectivity index is 1.58. The monoisotopic (exact) mass is 344 g/mol. The molecule has 25 heavy (non-hydrogen) atoms. The fourth-order valence-electron chi connectivity index (χ4n) is 3.17. The molecule has 7 heteroatoms. The highest BCUT2D eigenvalue weighted by Crippen LogP contribution is 2.19. The van der Waals surface area contributed by atoms with E-state index in [2.05, 4.69) is 20.4 Å². The fraction of sp³-hybridized carbons (Fsp3) is 0.500. The van der Waals surface area contributed by atoms with Gasteiger partial charge in [-0.15, -0.1) is 0 Å². The molecule has 1 aliphatic rings. The predicted octanol–water partition coefficient (Wildman–Crippen LogP) is 2.09. The van der Waals surface area contributed by atoms with E-state index in [0.29, 0.717) is 11.4 Å². The molecule has 1 fully saturated rings. The van der Waals surface area contributed by atoms with Crippen LogP contribution in [0, 0.1) is 13.8 Å². The highest BCUT2D eigenvalue weighted by molar-refractivity contribution is 5.94. The van der Waals surface area contributed by atoms with Crippen LogP contribution in [0.1, 0.15) is 40.2 Å². The Labute approximate surface area is 147 Å². The van der Waals surface area contributed by atoms with Crippen LogP contribution in [0.5, 0.6) is 5.88 Å². The zero-order chi connectivity index (χ0) is 17.8. The molecule has 1 unspecified atom stereocenters. The summed E-state index contributed by atoms with van der Waals surface area (Å²) in [6.45, 7) is 6.54. The zero-order valence-electron chi connectivity index (χ0n) is 14.9. The van der Waals surface area contributed by atoms with E-state index in [9.17, 15) is 4.79 Å². The fourth-order valence-corrected chi connectivity index (χ4v) is 3.17. The van der Waals surface area contributed by atoms with Crippen LogP contribution in [0.15, 0.2) is 22.9 Å². The summed E-state index contributed by atoms with van der Waals surface area (Å²) in [5.41, 5.74) is 2.63. The van der Waals surface area contributed by atoms with Crippen molar-refractivity contribution in [1.29, 1.82) is 0 Å². The summed E-state index contributed by atoms with van der Waals surface area (Å²) in [5, 5.41) is 7.13. The molecule has 1 N–H and O–H groups in total. The van der Waals surface area contributed by atoms with Crippen molar-refractivity contribution >= 4 is 5.91 Å². The number of aromatic nitrogens is 2. The van der Waals surface area contributed by atoms with Crippen LogP contribution in [0.25, 0.3) is 0 Å². The SMILES string of the molecule is COc1ccc(C(=O)NC2CCCN(Cc3c(C)noc3C)C2)cn1. The highest BCUT2D eigenvalue weighted by atomic mass is 16.5. The summed E-state index contributed by atoms with van der Waals surface area (Å²) < 4.78 is 10.3. The van der Waals surface area contributed by atoms with Crippen molar-refractivity contribution in [2.75, 3.05) is 20.2 Å². The lowest BCUT2D eigenvalue weighted by Crippen LogP contribution is -2.47. The summed E-state index contributed by atoms with van der Waals surface area (Å²) in [5.74, 6) is 1.27. The van der Waals surface area contributed by atoms with E-state index in [1.54, 1.807) is 25.4 Å². The van der Waals surface area contributed by atoms with Crippen molar-refractivity contribution in [2.45, 2.75) is 39.3 Å². The molecule has 3 rings (SSSR count). The molecule has 134 valence electrons. The lowest BCUT2D eigenvalue weighted by atomic mass is 10.0. The number of hydrogen-bond acceptors (Lipinski definition) is 6. The van der Waals surface area contributed by atoms with Crippen LogP contribution in [0.3, 0.4) is 0 Å². The summed E-state index contributed by atoms with van der Waals surface area (Å²) in [4.78, 5) is 18.8. The van der Waals surface area contributed by atoms with Gasteiger partial charge in [-0.05, 0) is 39.3 Å². The van der Waals surface area contributed by atoms with Gasteiger partial charge in [0.05, 0.1) is 18.4 Å². The quantitative estimate of drug-likeness (QED) is 0.894. The summed E-state index contributed by atoms with van der Waals surface area (Å²) in [6.07, 6.45) is 3.57. The first kappa shape index (κ1) is 17.4. The first-order valence-corrected chi connectivity index (χ1v) is 8.52. The van der Waals surface area contributed by atoms with Crippen molar-refractivity contribution in [3.05, 3.63) is 40.9 Å². The van der Waals surface area contributed by atoms with E-state index in [1.165, 1.54) is 0 Å². The second-order valence-electron chi connectivity index (χ2n) is 6.44. The van der Waals surface area contributed by atoms with E-state index in [1.807, 2.05) is 13.8 Å². The number of aryl methyl sites for hydroxylation is 2. The van der Waals surface area contributed by atoms with Crippen LogP contribution in [-0.2, 0) is 6.54 Å². The number of methoxy groups -OCH3 is 1. The number of carbonyl (C=O) groups excluding carboxylic acids is 1. The lowest BCUT2D eigenvalue weighted by Gasteiger charge is -2.33. The van der Waals surface area contributed by atoms with Gasteiger partial charge in [0.25, 0.3) is 5.91 Å². The second kappa shape index (κ2) is 7.65. The van der Waals surface area contributed by atoms with Crippen LogP contribution < -0.4 is 10.1 Å². The predicted molar refractivity (Wildman–Crippen MR) is 92.5 cm³/mol. The third-order valence-corrected chi connectivity index (χ3v) is 4.61. The molecule has 0 saturated carbocycles. The Morgan fingerprint density at radius 1 is 1.44 bits per heavy atom. The first-order valence-electron chi connectivity index (χ1n) is 8.52. The Bertz CT molecular complexity index is 707. The van der Waals surface area contributed by atoms with E-state index >= 15 is 0 Å². The average Bonchev–Trinajstić information content (AvgIpc) is 2.94. The van der Waals surface area contributed by atoms with Gasteiger partial charge in [0.1, 0.15) is 5.76 Å². The molecule has 3 heterocycles. The minimum Gasteiger partial charge on any atom is -0.481 e. The van der Waals surface area contributed by atoms with Crippen LogP contribution in [-0.4, -0.2) is 47.2 Å². The summed E-state index contributed by atoms with van der Waals surface area (Å²) in [7, 11) is 1.55. The van der Waals surface area contributed by atoms with Crippen LogP contribution >= 0.6 is 0 Å². The molecule has 0 aliphatic carbocycles. The van der Waals surface area contributed by atoms with E-state index < -0.39 is 0 Å². The minimum atomic E-state index is -0.0978. The molecular formula is C18H24N4O3. The molecular weight excluding hydrogens is 320 g/mol. The van der Waals surface area contributed by atoms with Crippen molar-refractivity contribution in [3.8, 4) is 5.88 Å². The zero-order valence-corrected chi connectivity index (χ0v) is 14.9. The maximum absolute atomic E-state index is 12.4. The molecule has 0 spiro atoms.